The fraction of sp³-hybridized carbons (Fsp3) is 0.125. The first-order chi connectivity index (χ1) is 8.16. The van der Waals surface area contributed by atoms with Gasteiger partial charge in [-0.25, -0.2) is 0 Å². The molecular weight excluding hydrogens is 206 g/mol. The molecule has 17 heavy (non-hydrogen) atoms. The van der Waals surface area contributed by atoms with E-state index in [9.17, 15) is 0 Å². The molecule has 0 fully saturated rings. The number of nitrogens with two attached hydrogens (primary N) is 1. The van der Waals surface area contributed by atoms with E-state index in [2.05, 4.69) is 25.3 Å². The van der Waals surface area contributed by atoms with Crippen LogP contribution in [0.2, 0.25) is 0 Å². The van der Waals surface area contributed by atoms with Gasteiger partial charge in [-0.3, -0.25) is 0 Å². The lowest BCUT2D eigenvalue weighted by Crippen LogP contribution is -2.06. The van der Waals surface area contributed by atoms with Crippen LogP contribution in [0.15, 0.2) is 84.7 Å². The Morgan fingerprint density at radius 1 is 1.12 bits per heavy atom. The maximum absolute atomic E-state index is 5.80. The van der Waals surface area contributed by atoms with Crippen LogP contribution >= 0.6 is 0 Å². The molecule has 1 aliphatic rings. The van der Waals surface area contributed by atoms with Gasteiger partial charge in [-0.05, 0) is 12.5 Å². The second kappa shape index (κ2) is 6.54. The van der Waals surface area contributed by atoms with Crippen molar-refractivity contribution >= 4 is 0 Å². The zero-order chi connectivity index (χ0) is 12.7. The molecule has 0 heterocycles. The van der Waals surface area contributed by atoms with E-state index in [1.165, 1.54) is 0 Å². The average molecular weight is 225 g/mol. The molecule has 0 aromatic carbocycles. The Labute approximate surface area is 104 Å². The number of hydrogen-bond donors (Lipinski definition) is 1. The van der Waals surface area contributed by atoms with E-state index >= 15 is 0 Å². The van der Waals surface area contributed by atoms with Crippen LogP contribution in [0, 0.1) is 5.92 Å². The molecule has 0 saturated carbocycles. The Hall–Kier alpha value is -2.02. The standard InChI is InChI=1S/C16H19N/c1-4-5-12-16(14(3)17)13(2)15-10-8-6-7-9-11-15/h4-12,15H,2-3,17H2,1H3/b5-4-,16-12-. The Kier molecular flexibility index (Phi) is 5.02. The van der Waals surface area contributed by atoms with E-state index in [0.717, 1.165) is 11.1 Å². The van der Waals surface area contributed by atoms with E-state index in [4.69, 9.17) is 5.73 Å². The van der Waals surface area contributed by atoms with Crippen LogP contribution in [0.1, 0.15) is 6.92 Å². The zero-order valence-corrected chi connectivity index (χ0v) is 10.3. The lowest BCUT2D eigenvalue weighted by Gasteiger charge is -2.15. The minimum Gasteiger partial charge on any atom is -0.399 e. The molecular formula is C16H19N. The number of hydrogen-bond acceptors (Lipinski definition) is 1. The first kappa shape index (κ1) is 13.0. The predicted octanol–water partition coefficient (Wildman–Crippen LogP) is 3.82. The van der Waals surface area contributed by atoms with Gasteiger partial charge in [0.2, 0.25) is 0 Å². The quantitative estimate of drug-likeness (QED) is 0.723. The van der Waals surface area contributed by atoms with E-state index in [1.807, 2.05) is 49.5 Å². The predicted molar refractivity (Wildman–Crippen MR) is 76.3 cm³/mol. The van der Waals surface area contributed by atoms with Crippen molar-refractivity contribution in [3.63, 3.8) is 0 Å². The van der Waals surface area contributed by atoms with Crippen LogP contribution in [-0.4, -0.2) is 0 Å². The summed E-state index contributed by atoms with van der Waals surface area (Å²) in [5, 5.41) is 0. The molecule has 0 unspecified atom stereocenters. The summed E-state index contributed by atoms with van der Waals surface area (Å²) in [5.41, 5.74) is 8.22. The molecule has 0 bridgehead atoms. The van der Waals surface area contributed by atoms with E-state index in [-0.39, 0.29) is 5.92 Å². The molecule has 0 spiro atoms. The molecule has 1 heteroatoms. The Morgan fingerprint density at radius 2 is 1.71 bits per heavy atom. The Balaban J connectivity index is 2.96. The van der Waals surface area contributed by atoms with Crippen molar-refractivity contribution in [3.8, 4) is 0 Å². The molecule has 0 radical (unpaired) electrons. The summed E-state index contributed by atoms with van der Waals surface area (Å²) in [6.45, 7) is 9.88. The highest BCUT2D eigenvalue weighted by atomic mass is 14.6. The highest BCUT2D eigenvalue weighted by Gasteiger charge is 2.11. The summed E-state index contributed by atoms with van der Waals surface area (Å²) < 4.78 is 0. The van der Waals surface area contributed by atoms with Crippen LogP contribution in [0.3, 0.4) is 0 Å². The Morgan fingerprint density at radius 3 is 2.18 bits per heavy atom. The van der Waals surface area contributed by atoms with Crippen molar-refractivity contribution in [2.45, 2.75) is 6.92 Å². The van der Waals surface area contributed by atoms with Crippen molar-refractivity contribution < 1.29 is 0 Å². The van der Waals surface area contributed by atoms with Crippen molar-refractivity contribution in [3.05, 3.63) is 84.7 Å². The lowest BCUT2D eigenvalue weighted by atomic mass is 9.91. The molecule has 0 saturated heterocycles. The highest BCUT2D eigenvalue weighted by molar-refractivity contribution is 5.48. The van der Waals surface area contributed by atoms with Crippen molar-refractivity contribution in [2.24, 2.45) is 11.7 Å². The SMILES string of the molecule is C=C(N)/C(=C\C=C/C)C(=C)C1C=CC=CC=C1. The van der Waals surface area contributed by atoms with E-state index < -0.39 is 0 Å². The summed E-state index contributed by atoms with van der Waals surface area (Å²) in [5.74, 6) is 0.168. The first-order valence-electron chi connectivity index (χ1n) is 5.65. The van der Waals surface area contributed by atoms with Gasteiger partial charge in [-0.2, -0.15) is 0 Å². The molecule has 0 aromatic rings. The summed E-state index contributed by atoms with van der Waals surface area (Å²) in [6.07, 6.45) is 18.1. The van der Waals surface area contributed by atoms with Gasteiger partial charge < -0.3 is 5.73 Å². The second-order valence-corrected chi connectivity index (χ2v) is 3.84. The van der Waals surface area contributed by atoms with Crippen LogP contribution in [-0.2, 0) is 0 Å². The zero-order valence-electron chi connectivity index (χ0n) is 10.3. The molecule has 0 aromatic heterocycles. The molecule has 0 amide bonds. The second-order valence-electron chi connectivity index (χ2n) is 3.84. The van der Waals surface area contributed by atoms with Gasteiger partial charge in [0.05, 0.1) is 0 Å². The summed E-state index contributed by atoms with van der Waals surface area (Å²) >= 11 is 0. The lowest BCUT2D eigenvalue weighted by molar-refractivity contribution is 0.985. The highest BCUT2D eigenvalue weighted by Crippen LogP contribution is 2.25. The largest absolute Gasteiger partial charge is 0.399 e. The van der Waals surface area contributed by atoms with Gasteiger partial charge in [0.1, 0.15) is 0 Å². The smallest absolute Gasteiger partial charge is 0.0317 e. The summed E-state index contributed by atoms with van der Waals surface area (Å²) in [6, 6.07) is 0. The molecule has 88 valence electrons. The van der Waals surface area contributed by atoms with Crippen molar-refractivity contribution in [2.75, 3.05) is 0 Å². The van der Waals surface area contributed by atoms with Crippen molar-refractivity contribution in [1.29, 1.82) is 0 Å². The third-order valence-corrected chi connectivity index (χ3v) is 2.52. The normalized spacial score (nSPS) is 16.4. The van der Waals surface area contributed by atoms with Crippen LogP contribution < -0.4 is 5.73 Å². The topological polar surface area (TPSA) is 26.0 Å². The molecule has 1 rings (SSSR count). The maximum Gasteiger partial charge on any atom is 0.0317 e. The van der Waals surface area contributed by atoms with Crippen LogP contribution in [0.25, 0.3) is 0 Å². The first-order valence-corrected chi connectivity index (χ1v) is 5.65. The van der Waals surface area contributed by atoms with Gasteiger partial charge in [-0.1, -0.05) is 67.8 Å². The monoisotopic (exact) mass is 225 g/mol. The third kappa shape index (κ3) is 3.80. The summed E-state index contributed by atoms with van der Waals surface area (Å²) in [4.78, 5) is 0. The fourth-order valence-electron chi connectivity index (χ4n) is 1.58. The fourth-order valence-corrected chi connectivity index (χ4v) is 1.58. The number of allylic oxidation sites excluding steroid dienone is 10. The average Bonchev–Trinajstić information content (AvgIpc) is 2.57. The summed E-state index contributed by atoms with van der Waals surface area (Å²) in [7, 11) is 0. The van der Waals surface area contributed by atoms with Crippen molar-refractivity contribution in [1.82, 2.24) is 0 Å². The van der Waals surface area contributed by atoms with E-state index in [0.29, 0.717) is 5.70 Å². The van der Waals surface area contributed by atoms with Gasteiger partial charge in [0, 0.05) is 17.2 Å². The molecule has 0 atom stereocenters. The van der Waals surface area contributed by atoms with Crippen LogP contribution in [0.4, 0.5) is 0 Å². The van der Waals surface area contributed by atoms with E-state index in [1.54, 1.807) is 0 Å². The molecule has 2 N–H and O–H groups in total. The van der Waals surface area contributed by atoms with Gasteiger partial charge in [0.15, 0.2) is 0 Å². The number of rotatable bonds is 4. The molecule has 1 aliphatic carbocycles. The Bertz CT molecular complexity index is 426. The van der Waals surface area contributed by atoms with Gasteiger partial charge in [-0.15, -0.1) is 0 Å². The minimum absolute atomic E-state index is 0.168. The molecule has 0 aliphatic heterocycles. The minimum atomic E-state index is 0.168. The van der Waals surface area contributed by atoms with Gasteiger partial charge >= 0.3 is 0 Å². The van der Waals surface area contributed by atoms with Gasteiger partial charge in [0.25, 0.3) is 0 Å². The van der Waals surface area contributed by atoms with Crippen LogP contribution in [0.5, 0.6) is 0 Å². The third-order valence-electron chi connectivity index (χ3n) is 2.52. The molecule has 1 nitrogen and oxygen atoms in total. The maximum atomic E-state index is 5.80.